The highest BCUT2D eigenvalue weighted by Gasteiger charge is 2.59. The standard InChI is InChI=1S/2C23H34BrNO5Si/c2*1-8-13-29-21(27)25-15-19(30-31(6,7)22(2,3)4)23(16-25,20(26)28-5)14-17-9-11-18(24)12-10-17/h2*8-12,19H,1,13-16H2,2-7H3/t19-,23+;19-,23-/m00/s1. The first-order valence-electron chi connectivity index (χ1n) is 20.8. The van der Waals surface area contributed by atoms with E-state index in [1.165, 1.54) is 26.4 Å². The molecule has 0 spiro atoms. The zero-order valence-corrected chi connectivity index (χ0v) is 43.9. The molecule has 0 saturated carbocycles. The molecule has 2 fully saturated rings. The van der Waals surface area contributed by atoms with Gasteiger partial charge in [-0.2, -0.15) is 0 Å². The number of likely N-dealkylation sites (tertiary alicyclic amines) is 2. The maximum Gasteiger partial charge on any atom is 0.410 e. The molecule has 0 aromatic heterocycles. The zero-order valence-electron chi connectivity index (χ0n) is 38.7. The van der Waals surface area contributed by atoms with Crippen molar-refractivity contribution in [1.82, 2.24) is 9.80 Å². The third kappa shape index (κ3) is 12.9. The molecule has 2 aromatic carbocycles. The van der Waals surface area contributed by atoms with Gasteiger partial charge >= 0.3 is 24.1 Å². The molecule has 2 aromatic rings. The fourth-order valence-electron chi connectivity index (χ4n) is 7.07. The van der Waals surface area contributed by atoms with Crippen LogP contribution in [0.25, 0.3) is 0 Å². The summed E-state index contributed by atoms with van der Waals surface area (Å²) in [5.41, 5.74) is -0.103. The Morgan fingerprint density at radius 2 is 0.952 bits per heavy atom. The predicted octanol–water partition coefficient (Wildman–Crippen LogP) is 10.4. The molecule has 16 heteroatoms. The first kappa shape index (κ1) is 53.1. The number of hydrogen-bond donors (Lipinski definition) is 0. The van der Waals surface area contributed by atoms with E-state index in [1.807, 2.05) is 48.5 Å². The van der Waals surface area contributed by atoms with Gasteiger partial charge in [0.05, 0.1) is 39.5 Å². The van der Waals surface area contributed by atoms with Crippen LogP contribution in [-0.2, 0) is 50.2 Å². The van der Waals surface area contributed by atoms with Crippen LogP contribution < -0.4 is 0 Å². The second-order valence-electron chi connectivity index (χ2n) is 19.1. The number of carbonyl (C=O) groups is 4. The van der Waals surface area contributed by atoms with E-state index < -0.39 is 51.9 Å². The lowest BCUT2D eigenvalue weighted by Gasteiger charge is -2.42. The molecule has 2 aliphatic heterocycles. The molecular formula is C46H68Br2N2O10Si2. The van der Waals surface area contributed by atoms with E-state index in [2.05, 4.69) is 113 Å². The Morgan fingerprint density at radius 3 is 1.21 bits per heavy atom. The van der Waals surface area contributed by atoms with E-state index in [4.69, 9.17) is 27.8 Å². The summed E-state index contributed by atoms with van der Waals surface area (Å²) in [4.78, 5) is 54.9. The highest BCUT2D eigenvalue weighted by atomic mass is 79.9. The quantitative estimate of drug-likeness (QED) is 0.0780. The summed E-state index contributed by atoms with van der Waals surface area (Å²) in [7, 11) is -1.72. The lowest BCUT2D eigenvalue weighted by Crippen LogP contribution is -2.52. The summed E-state index contributed by atoms with van der Waals surface area (Å²) in [5, 5.41) is -0.105. The van der Waals surface area contributed by atoms with Crippen LogP contribution in [0.5, 0.6) is 0 Å². The summed E-state index contributed by atoms with van der Waals surface area (Å²) in [6.07, 6.45) is 1.88. The largest absolute Gasteiger partial charge is 0.468 e. The maximum absolute atomic E-state index is 13.2. The maximum atomic E-state index is 13.2. The van der Waals surface area contributed by atoms with Crippen molar-refractivity contribution in [2.45, 2.75) is 103 Å². The molecule has 0 bridgehead atoms. The van der Waals surface area contributed by atoms with Crippen LogP contribution in [0.4, 0.5) is 9.59 Å². The third-order valence-corrected chi connectivity index (χ3v) is 22.7. The Hall–Kier alpha value is -3.29. The summed E-state index contributed by atoms with van der Waals surface area (Å²) in [6, 6.07) is 15.6. The van der Waals surface area contributed by atoms with Gasteiger partial charge in [0.1, 0.15) is 24.0 Å². The summed E-state index contributed by atoms with van der Waals surface area (Å²) in [5.74, 6) is -0.753. The topological polar surface area (TPSA) is 130 Å². The van der Waals surface area contributed by atoms with Gasteiger partial charge in [-0.1, -0.05) is 123 Å². The van der Waals surface area contributed by atoms with Crippen molar-refractivity contribution in [1.29, 1.82) is 0 Å². The number of ether oxygens (including phenoxy) is 4. The van der Waals surface area contributed by atoms with Gasteiger partial charge in [-0.3, -0.25) is 9.59 Å². The number of benzene rings is 2. The van der Waals surface area contributed by atoms with Gasteiger partial charge in [0.15, 0.2) is 16.6 Å². The number of methoxy groups -OCH3 is 2. The zero-order chi connectivity index (χ0) is 46.9. The molecule has 2 aliphatic rings. The van der Waals surface area contributed by atoms with Crippen molar-refractivity contribution in [3.8, 4) is 0 Å². The van der Waals surface area contributed by atoms with Gasteiger partial charge in [-0.05, 0) is 84.5 Å². The normalized spacial score (nSPS) is 21.6. The van der Waals surface area contributed by atoms with Crippen molar-refractivity contribution >= 4 is 72.6 Å². The molecule has 2 amide bonds. The van der Waals surface area contributed by atoms with Gasteiger partial charge in [0.2, 0.25) is 0 Å². The molecular weight excluding hydrogens is 956 g/mol. The van der Waals surface area contributed by atoms with E-state index in [1.54, 1.807) is 9.80 Å². The number of hydrogen-bond acceptors (Lipinski definition) is 10. The molecule has 12 nitrogen and oxygen atoms in total. The molecule has 4 rings (SSSR count). The lowest BCUT2D eigenvalue weighted by molar-refractivity contribution is -0.157. The average Bonchev–Trinajstić information content (AvgIpc) is 3.74. The highest BCUT2D eigenvalue weighted by molar-refractivity contribution is 9.10. The lowest BCUT2D eigenvalue weighted by atomic mass is 9.78. The Balaban J connectivity index is 0.000000330. The minimum absolute atomic E-state index is 0.0523. The van der Waals surface area contributed by atoms with Crippen LogP contribution >= 0.6 is 31.9 Å². The van der Waals surface area contributed by atoms with Crippen molar-refractivity contribution in [2.24, 2.45) is 10.8 Å². The molecule has 2 saturated heterocycles. The van der Waals surface area contributed by atoms with Crippen molar-refractivity contribution in [2.75, 3.05) is 53.6 Å². The predicted molar refractivity (Wildman–Crippen MR) is 255 cm³/mol. The van der Waals surface area contributed by atoms with Crippen molar-refractivity contribution < 1.29 is 47.0 Å². The first-order chi connectivity index (χ1) is 28.7. The van der Waals surface area contributed by atoms with E-state index >= 15 is 0 Å². The third-order valence-electron chi connectivity index (χ3n) is 12.7. The summed E-state index contributed by atoms with van der Waals surface area (Å²) >= 11 is 6.90. The van der Waals surface area contributed by atoms with E-state index in [0.29, 0.717) is 12.8 Å². The Bertz CT molecular complexity index is 1750. The molecule has 344 valence electrons. The second-order valence-corrected chi connectivity index (χ2v) is 30.5. The van der Waals surface area contributed by atoms with Crippen LogP contribution in [0, 0.1) is 10.8 Å². The van der Waals surface area contributed by atoms with Gasteiger partial charge in [0, 0.05) is 22.0 Å². The van der Waals surface area contributed by atoms with E-state index in [-0.39, 0.29) is 61.4 Å². The first-order valence-corrected chi connectivity index (χ1v) is 28.2. The monoisotopic (exact) mass is 1020 g/mol. The van der Waals surface area contributed by atoms with Crippen LogP contribution in [0.15, 0.2) is 82.8 Å². The van der Waals surface area contributed by atoms with Crippen LogP contribution in [-0.4, -0.2) is 116 Å². The smallest absolute Gasteiger partial charge is 0.410 e. The molecule has 0 N–H and O–H groups in total. The van der Waals surface area contributed by atoms with E-state index in [9.17, 15) is 19.2 Å². The molecule has 4 atom stereocenters. The molecule has 0 radical (unpaired) electrons. The average molecular weight is 1030 g/mol. The van der Waals surface area contributed by atoms with Gasteiger partial charge in [-0.15, -0.1) is 0 Å². The Labute approximate surface area is 388 Å². The minimum Gasteiger partial charge on any atom is -0.468 e. The molecule has 62 heavy (non-hydrogen) atoms. The van der Waals surface area contributed by atoms with E-state index in [0.717, 1.165) is 20.1 Å². The minimum atomic E-state index is -2.24. The van der Waals surface area contributed by atoms with Crippen molar-refractivity contribution in [3.63, 3.8) is 0 Å². The number of nitrogens with zero attached hydrogens (tertiary/aromatic N) is 2. The number of rotatable bonds is 14. The van der Waals surface area contributed by atoms with Crippen LogP contribution in [0.3, 0.4) is 0 Å². The van der Waals surface area contributed by atoms with Gasteiger partial charge in [-0.25, -0.2) is 9.59 Å². The fraction of sp³-hybridized carbons (Fsp3) is 0.565. The SMILES string of the molecule is C=CCOC(=O)N1C[C@H](O[Si](C)(C)C(C)(C)C)[C@@](Cc2ccc(Br)cc2)(C(=O)OC)C1.C=CCOC(=O)N1C[C@H](O[Si](C)(C)C(C)(C)C)[C@](Cc2ccc(Br)cc2)(C(=O)OC)C1. The summed E-state index contributed by atoms with van der Waals surface area (Å²) < 4.78 is 36.4. The number of halogens is 2. The molecule has 0 unspecified atom stereocenters. The highest BCUT2D eigenvalue weighted by Crippen LogP contribution is 2.46. The van der Waals surface area contributed by atoms with Gasteiger partial charge in [0.25, 0.3) is 0 Å². The van der Waals surface area contributed by atoms with Gasteiger partial charge < -0.3 is 37.6 Å². The summed E-state index contributed by atoms with van der Waals surface area (Å²) in [6.45, 7) is 29.8. The van der Waals surface area contributed by atoms with Crippen LogP contribution in [0.2, 0.25) is 36.3 Å². The van der Waals surface area contributed by atoms with Crippen LogP contribution in [0.1, 0.15) is 52.7 Å². The fourth-order valence-corrected chi connectivity index (χ4v) is 10.3. The Kier molecular flexibility index (Phi) is 18.5. The number of esters is 2. The van der Waals surface area contributed by atoms with Crippen molar-refractivity contribution in [3.05, 3.63) is 93.9 Å². The second kappa shape index (κ2) is 21.6. The molecule has 2 heterocycles. The molecule has 0 aliphatic carbocycles. The Morgan fingerprint density at radius 1 is 0.645 bits per heavy atom. The number of amides is 2. The number of carbonyl (C=O) groups excluding carboxylic acids is 4.